The van der Waals surface area contributed by atoms with Gasteiger partial charge in [0.25, 0.3) is 0 Å². The van der Waals surface area contributed by atoms with E-state index in [-0.39, 0.29) is 18.7 Å². The molecule has 1 unspecified atom stereocenters. The summed E-state index contributed by atoms with van der Waals surface area (Å²) in [6, 6.07) is 7.52. The standard InChI is InChI=1S/C17H22N2O4/c20-16(17(21)19-12-6-2-1-3-7-12)18-10-13-11-22-14-8-4-5-9-15(14)23-13/h4-5,8-9,12-13H,1-3,6-7,10-11H2,(H,18,20)(H,19,21). The first-order valence-electron chi connectivity index (χ1n) is 8.19. The highest BCUT2D eigenvalue weighted by atomic mass is 16.6. The second-order valence-electron chi connectivity index (χ2n) is 6.02. The Labute approximate surface area is 135 Å². The van der Waals surface area contributed by atoms with E-state index in [2.05, 4.69) is 10.6 Å². The second-order valence-corrected chi connectivity index (χ2v) is 6.02. The minimum Gasteiger partial charge on any atom is -0.486 e. The molecule has 1 aromatic carbocycles. The van der Waals surface area contributed by atoms with Gasteiger partial charge in [0, 0.05) is 6.04 Å². The number of fused-ring (bicyclic) bond motifs is 1. The van der Waals surface area contributed by atoms with Crippen LogP contribution in [0.3, 0.4) is 0 Å². The molecule has 23 heavy (non-hydrogen) atoms. The highest BCUT2D eigenvalue weighted by Crippen LogP contribution is 2.30. The lowest BCUT2D eigenvalue weighted by Gasteiger charge is -2.26. The number of ether oxygens (including phenoxy) is 2. The first kappa shape index (κ1) is 15.6. The van der Waals surface area contributed by atoms with Crippen molar-refractivity contribution in [2.75, 3.05) is 13.2 Å². The van der Waals surface area contributed by atoms with E-state index in [9.17, 15) is 9.59 Å². The maximum atomic E-state index is 11.9. The Hall–Kier alpha value is -2.24. The Morgan fingerprint density at radius 1 is 1.04 bits per heavy atom. The fourth-order valence-electron chi connectivity index (χ4n) is 2.95. The summed E-state index contributed by atoms with van der Waals surface area (Å²) in [5, 5.41) is 5.42. The highest BCUT2D eigenvalue weighted by molar-refractivity contribution is 6.35. The van der Waals surface area contributed by atoms with Gasteiger partial charge in [0.1, 0.15) is 12.7 Å². The number of nitrogens with one attached hydrogen (secondary N) is 2. The van der Waals surface area contributed by atoms with Crippen molar-refractivity contribution in [1.29, 1.82) is 0 Å². The average molecular weight is 318 g/mol. The zero-order valence-electron chi connectivity index (χ0n) is 13.0. The predicted molar refractivity (Wildman–Crippen MR) is 84.4 cm³/mol. The highest BCUT2D eigenvalue weighted by Gasteiger charge is 2.24. The molecule has 0 aromatic heterocycles. The topological polar surface area (TPSA) is 76.7 Å². The summed E-state index contributed by atoms with van der Waals surface area (Å²) in [5.74, 6) is 0.182. The Balaban J connectivity index is 1.43. The van der Waals surface area contributed by atoms with Crippen molar-refractivity contribution >= 4 is 11.8 Å². The zero-order valence-corrected chi connectivity index (χ0v) is 13.0. The molecular weight excluding hydrogens is 296 g/mol. The van der Waals surface area contributed by atoms with E-state index in [0.29, 0.717) is 18.1 Å². The van der Waals surface area contributed by atoms with Crippen LogP contribution in [0.4, 0.5) is 0 Å². The molecule has 2 aliphatic rings. The van der Waals surface area contributed by atoms with Gasteiger partial charge in [-0.15, -0.1) is 0 Å². The van der Waals surface area contributed by atoms with Gasteiger partial charge in [-0.25, -0.2) is 0 Å². The molecule has 1 fully saturated rings. The van der Waals surface area contributed by atoms with Crippen molar-refractivity contribution < 1.29 is 19.1 Å². The van der Waals surface area contributed by atoms with Crippen LogP contribution in [0.15, 0.2) is 24.3 Å². The fourth-order valence-corrected chi connectivity index (χ4v) is 2.95. The maximum absolute atomic E-state index is 11.9. The lowest BCUT2D eigenvalue weighted by atomic mass is 9.95. The van der Waals surface area contributed by atoms with Crippen LogP contribution in [0, 0.1) is 0 Å². The van der Waals surface area contributed by atoms with Crippen molar-refractivity contribution in [3.63, 3.8) is 0 Å². The van der Waals surface area contributed by atoms with Crippen molar-refractivity contribution in [3.8, 4) is 11.5 Å². The SMILES string of the molecule is O=C(NCC1COc2ccccc2O1)C(=O)NC1CCCCC1. The molecule has 1 atom stereocenters. The number of amides is 2. The normalized spacial score (nSPS) is 20.6. The van der Waals surface area contributed by atoms with Gasteiger partial charge in [0.2, 0.25) is 0 Å². The molecule has 1 aliphatic heterocycles. The monoisotopic (exact) mass is 318 g/mol. The third kappa shape index (κ3) is 4.15. The van der Waals surface area contributed by atoms with E-state index >= 15 is 0 Å². The number of hydrogen-bond acceptors (Lipinski definition) is 4. The summed E-state index contributed by atoms with van der Waals surface area (Å²) >= 11 is 0. The Bertz CT molecular complexity index is 569. The number of rotatable bonds is 3. The number of carbonyl (C=O) groups excluding carboxylic acids is 2. The van der Waals surface area contributed by atoms with E-state index in [0.717, 1.165) is 25.7 Å². The van der Waals surface area contributed by atoms with Crippen molar-refractivity contribution in [2.45, 2.75) is 44.2 Å². The third-order valence-corrected chi connectivity index (χ3v) is 4.20. The van der Waals surface area contributed by atoms with E-state index in [1.807, 2.05) is 24.3 Å². The number of benzene rings is 1. The van der Waals surface area contributed by atoms with Crippen LogP contribution < -0.4 is 20.1 Å². The Kier molecular flexibility index (Phi) is 5.00. The maximum Gasteiger partial charge on any atom is 0.309 e. The summed E-state index contributed by atoms with van der Waals surface area (Å²) in [4.78, 5) is 23.8. The molecule has 0 bridgehead atoms. The minimum absolute atomic E-state index is 0.128. The molecule has 3 rings (SSSR count). The first-order chi connectivity index (χ1) is 11.2. The number of carbonyl (C=O) groups is 2. The zero-order chi connectivity index (χ0) is 16.1. The van der Waals surface area contributed by atoms with Crippen LogP contribution in [0.1, 0.15) is 32.1 Å². The fraction of sp³-hybridized carbons (Fsp3) is 0.529. The lowest BCUT2D eigenvalue weighted by Crippen LogP contribution is -2.48. The molecule has 1 heterocycles. The molecule has 1 aromatic rings. The van der Waals surface area contributed by atoms with Gasteiger partial charge in [0.05, 0.1) is 6.54 Å². The van der Waals surface area contributed by atoms with Gasteiger partial charge in [-0.05, 0) is 25.0 Å². The van der Waals surface area contributed by atoms with E-state index in [4.69, 9.17) is 9.47 Å². The number of para-hydroxylation sites is 2. The molecule has 6 nitrogen and oxygen atoms in total. The molecule has 2 N–H and O–H groups in total. The molecule has 0 spiro atoms. The Morgan fingerprint density at radius 3 is 2.57 bits per heavy atom. The van der Waals surface area contributed by atoms with Crippen LogP contribution in [-0.2, 0) is 9.59 Å². The van der Waals surface area contributed by atoms with E-state index < -0.39 is 11.8 Å². The van der Waals surface area contributed by atoms with Gasteiger partial charge in [-0.3, -0.25) is 9.59 Å². The van der Waals surface area contributed by atoms with Crippen molar-refractivity contribution in [2.24, 2.45) is 0 Å². The third-order valence-electron chi connectivity index (χ3n) is 4.20. The molecular formula is C17H22N2O4. The molecule has 124 valence electrons. The van der Waals surface area contributed by atoms with E-state index in [1.54, 1.807) is 0 Å². The molecule has 1 saturated carbocycles. The summed E-state index contributed by atoms with van der Waals surface area (Å²) in [5.41, 5.74) is 0. The molecule has 0 saturated heterocycles. The molecule has 1 aliphatic carbocycles. The largest absolute Gasteiger partial charge is 0.486 e. The van der Waals surface area contributed by atoms with Crippen molar-refractivity contribution in [3.05, 3.63) is 24.3 Å². The summed E-state index contributed by atoms with van der Waals surface area (Å²) in [6.07, 6.45) is 5.04. The van der Waals surface area contributed by atoms with Gasteiger partial charge < -0.3 is 20.1 Å². The number of hydrogen-bond donors (Lipinski definition) is 2. The minimum atomic E-state index is -0.613. The van der Waals surface area contributed by atoms with Crippen LogP contribution in [0.25, 0.3) is 0 Å². The summed E-state index contributed by atoms with van der Waals surface area (Å²) < 4.78 is 11.3. The van der Waals surface area contributed by atoms with Crippen LogP contribution in [0.2, 0.25) is 0 Å². The van der Waals surface area contributed by atoms with Crippen LogP contribution >= 0.6 is 0 Å². The van der Waals surface area contributed by atoms with Gasteiger partial charge in [-0.2, -0.15) is 0 Å². The van der Waals surface area contributed by atoms with E-state index in [1.165, 1.54) is 6.42 Å². The smallest absolute Gasteiger partial charge is 0.309 e. The quantitative estimate of drug-likeness (QED) is 0.826. The average Bonchev–Trinajstić information content (AvgIpc) is 2.60. The van der Waals surface area contributed by atoms with Crippen LogP contribution in [-0.4, -0.2) is 37.1 Å². The molecule has 6 heteroatoms. The predicted octanol–water partition coefficient (Wildman–Crippen LogP) is 1.39. The second kappa shape index (κ2) is 7.35. The summed E-state index contributed by atoms with van der Waals surface area (Å²) in [7, 11) is 0. The molecule has 0 radical (unpaired) electrons. The van der Waals surface area contributed by atoms with Gasteiger partial charge in [-0.1, -0.05) is 31.4 Å². The van der Waals surface area contributed by atoms with Crippen LogP contribution in [0.5, 0.6) is 11.5 Å². The Morgan fingerprint density at radius 2 is 1.78 bits per heavy atom. The summed E-state index contributed by atoms with van der Waals surface area (Å²) in [6.45, 7) is 0.590. The molecule has 2 amide bonds. The first-order valence-corrected chi connectivity index (χ1v) is 8.19. The lowest BCUT2D eigenvalue weighted by molar-refractivity contribution is -0.140. The van der Waals surface area contributed by atoms with Crippen molar-refractivity contribution in [1.82, 2.24) is 10.6 Å². The van der Waals surface area contributed by atoms with Gasteiger partial charge in [0.15, 0.2) is 11.5 Å². The van der Waals surface area contributed by atoms with Gasteiger partial charge >= 0.3 is 11.8 Å².